The minimum Gasteiger partial charge on any atom is -0.377 e. The fourth-order valence-corrected chi connectivity index (χ4v) is 3.27. The molecule has 1 aromatic heterocycles. The third-order valence-electron chi connectivity index (χ3n) is 4.73. The van der Waals surface area contributed by atoms with Gasteiger partial charge in [0.15, 0.2) is 5.82 Å². The van der Waals surface area contributed by atoms with Gasteiger partial charge in [0.2, 0.25) is 11.8 Å². The van der Waals surface area contributed by atoms with Gasteiger partial charge in [0.05, 0.1) is 19.3 Å². The van der Waals surface area contributed by atoms with Crippen LogP contribution in [0.2, 0.25) is 0 Å². The lowest BCUT2D eigenvalue weighted by molar-refractivity contribution is -0.141. The average Bonchev–Trinajstić information content (AvgIpc) is 2.89. The highest BCUT2D eigenvalue weighted by atomic mass is 16.5. The Balaban J connectivity index is 1.46. The molecule has 0 radical (unpaired) electrons. The molecule has 6 nitrogen and oxygen atoms in total. The van der Waals surface area contributed by atoms with E-state index < -0.39 is 0 Å². The van der Waals surface area contributed by atoms with Crippen molar-refractivity contribution in [3.8, 4) is 0 Å². The summed E-state index contributed by atoms with van der Waals surface area (Å²) < 4.78 is 10.7. The molecule has 0 N–H and O–H groups in total. The quantitative estimate of drug-likeness (QED) is 0.805. The van der Waals surface area contributed by atoms with Crippen LogP contribution < -0.4 is 0 Å². The highest BCUT2D eigenvalue weighted by Crippen LogP contribution is 2.32. The second-order valence-corrected chi connectivity index (χ2v) is 6.44. The lowest BCUT2D eigenvalue weighted by Gasteiger charge is -2.39. The van der Waals surface area contributed by atoms with Crippen molar-refractivity contribution in [2.24, 2.45) is 5.92 Å². The molecular formula is C16H25N3O3. The van der Waals surface area contributed by atoms with E-state index >= 15 is 0 Å². The summed E-state index contributed by atoms with van der Waals surface area (Å²) in [5.41, 5.74) is 0. The molecule has 22 heavy (non-hydrogen) atoms. The highest BCUT2D eigenvalue weighted by molar-refractivity contribution is 5.76. The van der Waals surface area contributed by atoms with Crippen molar-refractivity contribution >= 4 is 5.91 Å². The van der Waals surface area contributed by atoms with Gasteiger partial charge in [0, 0.05) is 19.4 Å². The predicted octanol–water partition coefficient (Wildman–Crippen LogP) is 2.12. The molecular weight excluding hydrogens is 282 g/mol. The van der Waals surface area contributed by atoms with Crippen LogP contribution >= 0.6 is 0 Å². The number of aromatic nitrogens is 2. The molecule has 1 amide bonds. The summed E-state index contributed by atoms with van der Waals surface area (Å²) in [6, 6.07) is 0.275. The van der Waals surface area contributed by atoms with Crippen molar-refractivity contribution < 1.29 is 14.1 Å². The molecule has 2 aliphatic rings. The zero-order valence-corrected chi connectivity index (χ0v) is 13.3. The molecule has 0 aromatic carbocycles. The molecule has 1 aliphatic heterocycles. The average molecular weight is 307 g/mol. The fourth-order valence-electron chi connectivity index (χ4n) is 3.27. The largest absolute Gasteiger partial charge is 0.377 e. The standard InChI is InChI=1S/C16H25N3O3/c1-12-17-15(22-18-12)6-3-7-16(20)19-8-9-21-11-14(19)10-13-4-2-5-13/h13-14H,2-11H2,1H3/t14-/m0/s1. The second-order valence-electron chi connectivity index (χ2n) is 6.44. The fraction of sp³-hybridized carbons (Fsp3) is 0.812. The van der Waals surface area contributed by atoms with Gasteiger partial charge in [0.25, 0.3) is 0 Å². The number of hydrogen-bond donors (Lipinski definition) is 0. The summed E-state index contributed by atoms with van der Waals surface area (Å²) >= 11 is 0. The molecule has 1 atom stereocenters. The van der Waals surface area contributed by atoms with Gasteiger partial charge in [-0.15, -0.1) is 0 Å². The molecule has 3 rings (SSSR count). The van der Waals surface area contributed by atoms with E-state index in [0.29, 0.717) is 37.8 Å². The van der Waals surface area contributed by atoms with Crippen LogP contribution in [0.3, 0.4) is 0 Å². The summed E-state index contributed by atoms with van der Waals surface area (Å²) in [5.74, 6) is 2.31. The van der Waals surface area contributed by atoms with Gasteiger partial charge < -0.3 is 14.2 Å². The Morgan fingerprint density at radius 3 is 2.95 bits per heavy atom. The molecule has 0 spiro atoms. The van der Waals surface area contributed by atoms with Gasteiger partial charge in [0.1, 0.15) is 0 Å². The van der Waals surface area contributed by atoms with E-state index in [2.05, 4.69) is 10.1 Å². The molecule has 6 heteroatoms. The van der Waals surface area contributed by atoms with Gasteiger partial charge in [-0.1, -0.05) is 24.4 Å². The lowest BCUT2D eigenvalue weighted by Crippen LogP contribution is -2.49. The number of nitrogens with zero attached hydrogens (tertiary/aromatic N) is 3. The number of hydrogen-bond acceptors (Lipinski definition) is 5. The SMILES string of the molecule is Cc1noc(CCCC(=O)N2CCOC[C@@H]2CC2CCC2)n1. The Morgan fingerprint density at radius 1 is 1.41 bits per heavy atom. The summed E-state index contributed by atoms with van der Waals surface area (Å²) in [4.78, 5) is 18.7. The molecule has 1 saturated heterocycles. The van der Waals surface area contributed by atoms with Crippen molar-refractivity contribution in [1.29, 1.82) is 0 Å². The van der Waals surface area contributed by atoms with Crippen LogP contribution in [0.1, 0.15) is 50.2 Å². The molecule has 1 saturated carbocycles. The van der Waals surface area contributed by atoms with Crippen LogP contribution in [0.25, 0.3) is 0 Å². The normalized spacial score (nSPS) is 22.6. The van der Waals surface area contributed by atoms with Gasteiger partial charge >= 0.3 is 0 Å². The monoisotopic (exact) mass is 307 g/mol. The van der Waals surface area contributed by atoms with Gasteiger partial charge in [-0.2, -0.15) is 4.98 Å². The van der Waals surface area contributed by atoms with E-state index in [1.807, 2.05) is 4.90 Å². The van der Waals surface area contributed by atoms with Crippen LogP contribution in [0.15, 0.2) is 4.52 Å². The second kappa shape index (κ2) is 7.22. The predicted molar refractivity (Wildman–Crippen MR) is 80.3 cm³/mol. The van der Waals surface area contributed by atoms with E-state index in [1.54, 1.807) is 6.92 Å². The van der Waals surface area contributed by atoms with Gasteiger partial charge in [-0.25, -0.2) is 0 Å². The molecule has 2 fully saturated rings. The number of amides is 1. The first-order valence-electron chi connectivity index (χ1n) is 8.39. The first-order valence-corrected chi connectivity index (χ1v) is 8.39. The van der Waals surface area contributed by atoms with E-state index in [-0.39, 0.29) is 11.9 Å². The zero-order chi connectivity index (χ0) is 15.4. The first-order chi connectivity index (χ1) is 10.7. The third kappa shape index (κ3) is 3.85. The summed E-state index contributed by atoms with van der Waals surface area (Å²) in [6.45, 7) is 3.90. The van der Waals surface area contributed by atoms with Crippen molar-refractivity contribution in [2.45, 2.75) is 57.9 Å². The van der Waals surface area contributed by atoms with E-state index in [4.69, 9.17) is 9.26 Å². The maximum Gasteiger partial charge on any atom is 0.226 e. The summed E-state index contributed by atoms with van der Waals surface area (Å²) in [6.07, 6.45) is 7.05. The minimum absolute atomic E-state index is 0.240. The zero-order valence-electron chi connectivity index (χ0n) is 13.3. The Bertz CT molecular complexity index is 499. The van der Waals surface area contributed by atoms with Crippen LogP contribution in [0.5, 0.6) is 0 Å². The van der Waals surface area contributed by atoms with Crippen molar-refractivity contribution in [2.75, 3.05) is 19.8 Å². The first kappa shape index (κ1) is 15.5. The van der Waals surface area contributed by atoms with Crippen molar-refractivity contribution in [1.82, 2.24) is 15.0 Å². The summed E-state index contributed by atoms with van der Waals surface area (Å²) in [7, 11) is 0. The van der Waals surface area contributed by atoms with Crippen LogP contribution in [-0.2, 0) is 16.0 Å². The summed E-state index contributed by atoms with van der Waals surface area (Å²) in [5, 5.41) is 3.77. The molecule has 2 heterocycles. The van der Waals surface area contributed by atoms with Gasteiger partial charge in [-0.05, 0) is 25.7 Å². The Morgan fingerprint density at radius 2 is 2.27 bits per heavy atom. The molecule has 1 aliphatic carbocycles. The minimum atomic E-state index is 0.240. The number of carbonyl (C=O) groups excluding carboxylic acids is 1. The lowest BCUT2D eigenvalue weighted by atomic mass is 9.80. The topological polar surface area (TPSA) is 68.5 Å². The van der Waals surface area contributed by atoms with Crippen molar-refractivity contribution in [3.05, 3.63) is 11.7 Å². The number of rotatable bonds is 6. The Hall–Kier alpha value is -1.43. The number of ether oxygens (including phenoxy) is 1. The maximum absolute atomic E-state index is 12.5. The number of aryl methyl sites for hydroxylation is 2. The Labute approximate surface area is 131 Å². The molecule has 0 unspecified atom stereocenters. The number of morpholine rings is 1. The van der Waals surface area contributed by atoms with E-state index in [9.17, 15) is 4.79 Å². The van der Waals surface area contributed by atoms with Crippen LogP contribution in [0, 0.1) is 12.8 Å². The number of carbonyl (C=O) groups is 1. The smallest absolute Gasteiger partial charge is 0.226 e. The van der Waals surface area contributed by atoms with E-state index in [1.165, 1.54) is 19.3 Å². The van der Waals surface area contributed by atoms with Crippen molar-refractivity contribution in [3.63, 3.8) is 0 Å². The van der Waals surface area contributed by atoms with Crippen LogP contribution in [-0.4, -0.2) is 46.7 Å². The highest BCUT2D eigenvalue weighted by Gasteiger charge is 2.31. The molecule has 122 valence electrons. The molecule has 0 bridgehead atoms. The van der Waals surface area contributed by atoms with Crippen LogP contribution in [0.4, 0.5) is 0 Å². The third-order valence-corrected chi connectivity index (χ3v) is 4.73. The van der Waals surface area contributed by atoms with E-state index in [0.717, 1.165) is 25.3 Å². The van der Waals surface area contributed by atoms with Gasteiger partial charge in [-0.3, -0.25) is 4.79 Å². The maximum atomic E-state index is 12.5. The Kier molecular flexibility index (Phi) is 5.08. The molecule has 1 aromatic rings.